The topological polar surface area (TPSA) is 167 Å². The molecule has 2 heterocycles. The fourth-order valence-corrected chi connectivity index (χ4v) is 10.2. The van der Waals surface area contributed by atoms with Crippen molar-refractivity contribution in [1.82, 2.24) is 0 Å². The van der Waals surface area contributed by atoms with Gasteiger partial charge < -0.3 is 0 Å². The number of sulfonamides is 2. The van der Waals surface area contributed by atoms with E-state index in [9.17, 15) is 36.0 Å². The Morgan fingerprint density at radius 1 is 0.481 bits per heavy atom. The van der Waals surface area contributed by atoms with Crippen molar-refractivity contribution in [2.45, 2.75) is 9.79 Å². The van der Waals surface area contributed by atoms with Crippen LogP contribution in [0, 0.1) is 35.5 Å². The molecule has 2 aliphatic heterocycles. The Morgan fingerprint density at radius 2 is 0.808 bits per heavy atom. The molecule has 0 aromatic heterocycles. The number of nitrogens with zero attached hydrogens (tertiary/aromatic N) is 2. The minimum Gasteiger partial charge on any atom is -0.280 e. The van der Waals surface area contributed by atoms with Gasteiger partial charge >= 0.3 is 0 Å². The van der Waals surface area contributed by atoms with E-state index in [0.29, 0.717) is 10.0 Å². The van der Waals surface area contributed by atoms with Gasteiger partial charge in [0.1, 0.15) is 0 Å². The lowest BCUT2D eigenvalue weighted by Crippen LogP contribution is -2.50. The number of rotatable bonds is 8. The lowest BCUT2D eigenvalue weighted by Gasteiger charge is -2.44. The Balaban J connectivity index is 1.06. The summed E-state index contributed by atoms with van der Waals surface area (Å²) in [6, 6.07) is 22.9. The number of carbonyl (C=O) groups excluding carboxylic acids is 4. The van der Waals surface area contributed by atoms with Crippen molar-refractivity contribution in [1.29, 1.82) is 0 Å². The van der Waals surface area contributed by atoms with Crippen LogP contribution in [0.3, 0.4) is 0 Å². The summed E-state index contributed by atoms with van der Waals surface area (Å²) in [5, 5.41) is 0.842. The van der Waals surface area contributed by atoms with Crippen LogP contribution in [0.25, 0.3) is 0 Å². The normalized spacial score (nSPS) is 25.0. The van der Waals surface area contributed by atoms with Gasteiger partial charge in [0.05, 0.1) is 44.8 Å². The number of amides is 4. The Labute approximate surface area is 308 Å². The van der Waals surface area contributed by atoms with E-state index in [1.807, 2.05) is 0 Å². The van der Waals surface area contributed by atoms with E-state index in [0.717, 1.165) is 9.80 Å². The SMILES string of the molecule is O=C1[C@@H]2C3C=CC([C@H]2C(=O)N1c1cccc(S(=O)(=O)Nc2ccc(Cl)cc2)c1)[C@@H]1C(=O)N(c2cccc(S(=O)(=O)Nc4ccc(Cl)cc4)c2)C(=O)[C@H]31. The van der Waals surface area contributed by atoms with Crippen LogP contribution in [0.4, 0.5) is 22.7 Å². The molecule has 0 spiro atoms. The second kappa shape index (κ2) is 12.3. The predicted molar refractivity (Wildman–Crippen MR) is 192 cm³/mol. The average molecular weight is 778 g/mol. The van der Waals surface area contributed by atoms with Crippen molar-refractivity contribution in [3.8, 4) is 0 Å². The minimum atomic E-state index is -4.13. The number of imide groups is 2. The van der Waals surface area contributed by atoms with Gasteiger partial charge in [0.25, 0.3) is 20.0 Å². The molecule has 2 saturated heterocycles. The molecule has 2 unspecified atom stereocenters. The van der Waals surface area contributed by atoms with E-state index >= 15 is 0 Å². The molecular weight excluding hydrogens is 751 g/mol. The molecule has 0 radical (unpaired) electrons. The van der Waals surface area contributed by atoms with Gasteiger partial charge in [0.15, 0.2) is 0 Å². The highest BCUT2D eigenvalue weighted by Gasteiger charge is 2.69. The van der Waals surface area contributed by atoms with E-state index in [1.54, 1.807) is 12.2 Å². The first-order chi connectivity index (χ1) is 24.7. The van der Waals surface area contributed by atoms with Crippen molar-refractivity contribution in [3.63, 3.8) is 0 Å². The molecule has 52 heavy (non-hydrogen) atoms. The molecule has 4 aromatic rings. The molecule has 5 aliphatic rings. The van der Waals surface area contributed by atoms with Crippen LogP contribution >= 0.6 is 23.2 Å². The van der Waals surface area contributed by atoms with Crippen molar-refractivity contribution in [2.24, 2.45) is 35.5 Å². The molecule has 1 saturated carbocycles. The minimum absolute atomic E-state index is 0.0393. The van der Waals surface area contributed by atoms with Crippen molar-refractivity contribution in [2.75, 3.05) is 19.2 Å². The summed E-state index contributed by atoms with van der Waals surface area (Å²) in [6.07, 6.45) is 3.40. The fraction of sp³-hybridized carbons (Fsp3) is 0.167. The molecule has 264 valence electrons. The maximum atomic E-state index is 14.1. The lowest BCUT2D eigenvalue weighted by molar-refractivity contribution is -0.137. The Morgan fingerprint density at radius 3 is 1.13 bits per heavy atom. The third kappa shape index (κ3) is 5.48. The summed E-state index contributed by atoms with van der Waals surface area (Å²) in [7, 11) is -8.27. The van der Waals surface area contributed by atoms with Crippen LogP contribution in [-0.2, 0) is 39.2 Å². The molecule has 2 N–H and O–H groups in total. The van der Waals surface area contributed by atoms with Gasteiger partial charge in [0, 0.05) is 33.3 Å². The van der Waals surface area contributed by atoms with Gasteiger partial charge in [0.2, 0.25) is 23.6 Å². The summed E-state index contributed by atoms with van der Waals surface area (Å²) < 4.78 is 57.9. The van der Waals surface area contributed by atoms with Crippen molar-refractivity contribution in [3.05, 3.63) is 119 Å². The highest BCUT2D eigenvalue weighted by molar-refractivity contribution is 7.93. The molecule has 3 fully saturated rings. The van der Waals surface area contributed by atoms with Gasteiger partial charge in [-0.15, -0.1) is 0 Å². The number of benzene rings is 4. The number of allylic oxidation sites excluding steroid dienone is 2. The van der Waals surface area contributed by atoms with Gasteiger partial charge in [-0.1, -0.05) is 47.5 Å². The first-order valence-corrected chi connectivity index (χ1v) is 19.7. The second-order valence-electron chi connectivity index (χ2n) is 12.9. The number of halogens is 2. The zero-order chi connectivity index (χ0) is 36.7. The number of carbonyl (C=O) groups is 4. The first-order valence-electron chi connectivity index (χ1n) is 16.0. The van der Waals surface area contributed by atoms with Crippen LogP contribution in [0.2, 0.25) is 10.0 Å². The third-order valence-electron chi connectivity index (χ3n) is 9.98. The summed E-state index contributed by atoms with van der Waals surface area (Å²) in [4.78, 5) is 57.8. The van der Waals surface area contributed by atoms with Gasteiger partial charge in [-0.3, -0.25) is 28.6 Å². The zero-order valence-corrected chi connectivity index (χ0v) is 29.7. The van der Waals surface area contributed by atoms with E-state index in [1.165, 1.54) is 97.1 Å². The highest BCUT2D eigenvalue weighted by atomic mass is 35.5. The monoisotopic (exact) mass is 776 g/mol. The Hall–Kier alpha value is -5.02. The van der Waals surface area contributed by atoms with Gasteiger partial charge in [-0.05, 0) is 84.9 Å². The summed E-state index contributed by atoms with van der Waals surface area (Å²) in [6.45, 7) is 0. The highest BCUT2D eigenvalue weighted by Crippen LogP contribution is 2.58. The molecule has 4 aromatic carbocycles. The second-order valence-corrected chi connectivity index (χ2v) is 17.1. The summed E-state index contributed by atoms with van der Waals surface area (Å²) >= 11 is 11.8. The maximum Gasteiger partial charge on any atom is 0.261 e. The van der Waals surface area contributed by atoms with Crippen LogP contribution in [0.15, 0.2) is 119 Å². The van der Waals surface area contributed by atoms with Crippen LogP contribution < -0.4 is 19.2 Å². The van der Waals surface area contributed by atoms with E-state index < -0.39 is 79.2 Å². The van der Waals surface area contributed by atoms with Crippen molar-refractivity contribution >= 4 is 89.6 Å². The number of nitrogens with one attached hydrogen (secondary N) is 2. The molecule has 12 nitrogen and oxygen atoms in total. The van der Waals surface area contributed by atoms with E-state index in [-0.39, 0.29) is 32.5 Å². The molecule has 3 aliphatic carbocycles. The van der Waals surface area contributed by atoms with Crippen LogP contribution in [0.5, 0.6) is 0 Å². The fourth-order valence-electron chi connectivity index (χ4n) is 7.78. The molecular formula is C36H26Cl2N4O8S2. The Bertz CT molecular complexity index is 2240. The van der Waals surface area contributed by atoms with E-state index in [4.69, 9.17) is 23.2 Å². The summed E-state index contributed by atoms with van der Waals surface area (Å²) in [5.41, 5.74) is 0.597. The average Bonchev–Trinajstić information content (AvgIpc) is 3.57. The van der Waals surface area contributed by atoms with Crippen LogP contribution in [0.1, 0.15) is 0 Å². The Kier molecular flexibility index (Phi) is 8.06. The molecule has 4 amide bonds. The quantitative estimate of drug-likeness (QED) is 0.179. The smallest absolute Gasteiger partial charge is 0.261 e. The van der Waals surface area contributed by atoms with E-state index in [2.05, 4.69) is 9.44 Å². The van der Waals surface area contributed by atoms with Crippen molar-refractivity contribution < 1.29 is 36.0 Å². The van der Waals surface area contributed by atoms with Gasteiger partial charge in [-0.2, -0.15) is 0 Å². The van der Waals surface area contributed by atoms with Gasteiger partial charge in [-0.25, -0.2) is 26.6 Å². The largest absolute Gasteiger partial charge is 0.280 e. The molecule has 9 rings (SSSR count). The third-order valence-corrected chi connectivity index (χ3v) is 13.2. The molecule has 2 bridgehead atoms. The predicted octanol–water partition coefficient (Wildman–Crippen LogP) is 5.32. The number of hydrogen-bond donors (Lipinski definition) is 2. The summed E-state index contributed by atoms with van der Waals surface area (Å²) in [5.74, 6) is -7.90. The first kappa shape index (κ1) is 34.1. The molecule has 16 heteroatoms. The number of hydrogen-bond acceptors (Lipinski definition) is 8. The number of anilines is 4. The zero-order valence-electron chi connectivity index (χ0n) is 26.6. The standard InChI is InChI=1S/C36H26Cl2N4O8S2/c37-19-7-11-21(12-8-19)39-51(47,48)25-5-1-3-23(17-25)41-33(43)29-27-15-16-28(30(29)34(41)44)32-31(27)35(45)42(36(32)46)24-4-2-6-26(18-24)52(49,50)40-22-13-9-20(38)10-14-22/h1-18,27-32,39-40H/t27?,28?,29-,30-,31-,32+/m1/s1. The van der Waals surface area contributed by atoms with Crippen LogP contribution in [-0.4, -0.2) is 40.5 Å². The lowest BCUT2D eigenvalue weighted by atomic mass is 9.54. The molecule has 6 atom stereocenters. The maximum absolute atomic E-state index is 14.1.